The van der Waals surface area contributed by atoms with Crippen LogP contribution in [0.1, 0.15) is 30.1 Å². The number of benzene rings is 2. The molecule has 6 atom stereocenters. The summed E-state index contributed by atoms with van der Waals surface area (Å²) >= 11 is 0. The van der Waals surface area contributed by atoms with Gasteiger partial charge in [0.2, 0.25) is 5.91 Å². The number of hydrogen-bond acceptors (Lipinski definition) is 10. The molecule has 1 amide bonds. The summed E-state index contributed by atoms with van der Waals surface area (Å²) in [7, 11) is 3.06. The van der Waals surface area contributed by atoms with E-state index < -0.39 is 58.7 Å². The number of aliphatic hydroxyl groups is 2. The zero-order valence-electron chi connectivity index (χ0n) is 18.2. The molecule has 2 unspecified atom stereocenters. The number of likely N-dealkylation sites (N-methyl/N-ethyl adjacent to an activating group) is 1. The molecule has 1 saturated carbocycles. The number of aromatic hydroxyl groups is 2. The maximum Gasteiger partial charge on any atom is 0.235 e. The van der Waals surface area contributed by atoms with Crippen molar-refractivity contribution in [3.05, 3.63) is 23.3 Å². The van der Waals surface area contributed by atoms with Gasteiger partial charge in [-0.3, -0.25) is 19.3 Å². The van der Waals surface area contributed by atoms with Crippen molar-refractivity contribution in [2.24, 2.45) is 17.6 Å². The number of nitrogens with two attached hydrogens (primary N) is 3. The number of nitrogen functional groups attached to an aromatic ring is 2. The molecule has 33 heavy (non-hydrogen) atoms. The van der Waals surface area contributed by atoms with Crippen LogP contribution in [0.4, 0.5) is 11.4 Å². The molecule has 2 aliphatic carbocycles. The van der Waals surface area contributed by atoms with Crippen LogP contribution in [0, 0.1) is 11.8 Å². The second kappa shape index (κ2) is 7.04. The fourth-order valence-corrected chi connectivity index (χ4v) is 5.78. The molecular formula is C22H26N4O7. The van der Waals surface area contributed by atoms with Crippen LogP contribution in [0.3, 0.4) is 0 Å². The molecule has 2 aliphatic rings. The molecule has 1 fully saturated rings. The Morgan fingerprint density at radius 2 is 1.70 bits per heavy atom. The first-order valence-electron chi connectivity index (χ1n) is 10.3. The Morgan fingerprint density at radius 3 is 2.24 bits per heavy atom. The summed E-state index contributed by atoms with van der Waals surface area (Å²) in [5.41, 5.74) is 15.2. The van der Waals surface area contributed by atoms with Crippen molar-refractivity contribution in [3.63, 3.8) is 0 Å². The van der Waals surface area contributed by atoms with Crippen LogP contribution in [0.2, 0.25) is 0 Å². The summed E-state index contributed by atoms with van der Waals surface area (Å²) in [6, 6.07) is 1.45. The second-order valence-electron chi connectivity index (χ2n) is 9.07. The van der Waals surface area contributed by atoms with Gasteiger partial charge in [-0.05, 0) is 37.7 Å². The summed E-state index contributed by atoms with van der Waals surface area (Å²) in [5.74, 6) is -8.37. The van der Waals surface area contributed by atoms with Crippen molar-refractivity contribution in [2.75, 3.05) is 25.6 Å². The zero-order chi connectivity index (χ0) is 24.7. The summed E-state index contributed by atoms with van der Waals surface area (Å²) in [5, 5.41) is 44.5. The minimum atomic E-state index is -2.65. The first kappa shape index (κ1) is 22.8. The van der Waals surface area contributed by atoms with Gasteiger partial charge in [0.15, 0.2) is 23.1 Å². The molecule has 11 heteroatoms. The number of hydrogen-bond donors (Lipinski definition) is 7. The molecule has 0 radical (unpaired) electrons. The highest BCUT2D eigenvalue weighted by Crippen LogP contribution is 2.59. The number of fused-ring (bicyclic) bond motifs is 3. The largest absolute Gasteiger partial charge is 0.507 e. The van der Waals surface area contributed by atoms with Crippen LogP contribution in [-0.4, -0.2) is 68.5 Å². The van der Waals surface area contributed by atoms with Gasteiger partial charge >= 0.3 is 0 Å². The standard InChI is InChI=1S/C22H26N4O7/c1-6-9-12(17(28)11-8(27)5-4-7(23)10(11)15(9)24)19(30)22(33)14(6)16(26(2)3)18(29)13(20(22)31)21(25)32/h4-6,13-14,16,19,27-28,30,33H,23-24H2,1-3H3,(H2,25,32)/t6-,13?,14-,16-,19?,22-/m0/s1. The quantitative estimate of drug-likeness (QED) is 0.167. The second-order valence-corrected chi connectivity index (χ2v) is 9.07. The van der Waals surface area contributed by atoms with Crippen molar-refractivity contribution in [1.29, 1.82) is 0 Å². The molecule has 0 aliphatic heterocycles. The van der Waals surface area contributed by atoms with E-state index in [1.807, 2.05) is 0 Å². The van der Waals surface area contributed by atoms with Crippen LogP contribution in [0.25, 0.3) is 10.8 Å². The van der Waals surface area contributed by atoms with Crippen LogP contribution >= 0.6 is 0 Å². The lowest BCUT2D eigenvalue weighted by atomic mass is 9.54. The topological polar surface area (TPSA) is 213 Å². The summed E-state index contributed by atoms with van der Waals surface area (Å²) < 4.78 is 0. The van der Waals surface area contributed by atoms with E-state index in [-0.39, 0.29) is 39.0 Å². The van der Waals surface area contributed by atoms with Crippen LogP contribution in [0.15, 0.2) is 12.1 Å². The van der Waals surface area contributed by atoms with Gasteiger partial charge in [-0.2, -0.15) is 0 Å². The van der Waals surface area contributed by atoms with E-state index in [1.54, 1.807) is 6.92 Å². The molecule has 2 aromatic rings. The van der Waals surface area contributed by atoms with Gasteiger partial charge in [0.25, 0.3) is 0 Å². The molecule has 11 nitrogen and oxygen atoms in total. The van der Waals surface area contributed by atoms with E-state index in [9.17, 15) is 34.8 Å². The number of rotatable bonds is 2. The molecule has 0 spiro atoms. The predicted molar refractivity (Wildman–Crippen MR) is 118 cm³/mol. The SMILES string of the molecule is C[C@H]1c2c(c(O)c3c(O)ccc(N)c3c2N)C(O)[C@]2(O)C(=O)C(C(N)=O)C(=O)[C@@H](N(C)C)[C@H]12. The fraction of sp³-hybridized carbons (Fsp3) is 0.409. The molecule has 4 rings (SSSR count). The first-order valence-corrected chi connectivity index (χ1v) is 10.3. The number of Topliss-reactive ketones (excluding diaryl/α,β-unsaturated/α-hetero) is 2. The van der Waals surface area contributed by atoms with Crippen LogP contribution < -0.4 is 17.2 Å². The number of aliphatic hydroxyl groups excluding tert-OH is 1. The third-order valence-corrected chi connectivity index (χ3v) is 7.16. The van der Waals surface area contributed by atoms with Crippen molar-refractivity contribution < 1.29 is 34.8 Å². The molecule has 2 aromatic carbocycles. The van der Waals surface area contributed by atoms with E-state index in [1.165, 1.54) is 31.1 Å². The van der Waals surface area contributed by atoms with Gasteiger partial charge in [0, 0.05) is 28.2 Å². The van der Waals surface area contributed by atoms with Gasteiger partial charge in [-0.15, -0.1) is 0 Å². The lowest BCUT2D eigenvalue weighted by Gasteiger charge is -2.54. The number of carbonyl (C=O) groups excluding carboxylic acids is 3. The molecule has 0 bridgehead atoms. The summed E-state index contributed by atoms with van der Waals surface area (Å²) in [6.45, 7) is 1.59. The Balaban J connectivity index is 2.13. The summed E-state index contributed by atoms with van der Waals surface area (Å²) in [6.07, 6.45) is -2.08. The highest BCUT2D eigenvalue weighted by molar-refractivity contribution is 6.24. The third kappa shape index (κ3) is 2.63. The lowest BCUT2D eigenvalue weighted by Crippen LogP contribution is -2.71. The smallest absolute Gasteiger partial charge is 0.235 e. The Morgan fingerprint density at radius 1 is 1.09 bits per heavy atom. The van der Waals surface area contributed by atoms with Gasteiger partial charge in [0.1, 0.15) is 17.6 Å². The van der Waals surface area contributed by atoms with Gasteiger partial charge in [-0.1, -0.05) is 6.92 Å². The minimum absolute atomic E-state index is 0.0224. The molecular weight excluding hydrogens is 432 g/mol. The average molecular weight is 458 g/mol. The number of amides is 1. The fourth-order valence-electron chi connectivity index (χ4n) is 5.78. The van der Waals surface area contributed by atoms with Crippen molar-refractivity contribution in [2.45, 2.75) is 30.6 Å². The molecule has 0 heterocycles. The first-order chi connectivity index (χ1) is 15.3. The van der Waals surface area contributed by atoms with Crippen molar-refractivity contribution in [3.8, 4) is 11.5 Å². The number of phenolic OH excluding ortho intramolecular Hbond substituents is 2. The van der Waals surface area contributed by atoms with E-state index in [2.05, 4.69) is 0 Å². The summed E-state index contributed by atoms with van der Waals surface area (Å²) in [4.78, 5) is 39.9. The normalized spacial score (nSPS) is 31.5. The lowest BCUT2D eigenvalue weighted by molar-refractivity contribution is -0.190. The van der Waals surface area contributed by atoms with Crippen LogP contribution in [-0.2, 0) is 14.4 Å². The Kier molecular flexibility index (Phi) is 4.86. The highest BCUT2D eigenvalue weighted by Gasteiger charge is 2.68. The number of nitrogens with zero attached hydrogens (tertiary/aromatic N) is 1. The Hall–Kier alpha value is -3.41. The number of phenols is 2. The number of anilines is 2. The molecule has 0 saturated heterocycles. The number of carbonyl (C=O) groups is 3. The molecule has 176 valence electrons. The Bertz CT molecular complexity index is 1240. The van der Waals surface area contributed by atoms with E-state index in [4.69, 9.17) is 17.2 Å². The third-order valence-electron chi connectivity index (χ3n) is 7.16. The Labute approximate surface area is 188 Å². The number of ketones is 2. The van der Waals surface area contributed by atoms with Crippen LogP contribution in [0.5, 0.6) is 11.5 Å². The zero-order valence-corrected chi connectivity index (χ0v) is 18.2. The maximum atomic E-state index is 13.3. The molecule has 10 N–H and O–H groups in total. The van der Waals surface area contributed by atoms with Gasteiger partial charge in [-0.25, -0.2) is 0 Å². The minimum Gasteiger partial charge on any atom is -0.507 e. The van der Waals surface area contributed by atoms with Gasteiger partial charge in [0.05, 0.1) is 11.4 Å². The van der Waals surface area contributed by atoms with Crippen molar-refractivity contribution >= 4 is 39.6 Å². The van der Waals surface area contributed by atoms with E-state index in [0.29, 0.717) is 0 Å². The van der Waals surface area contributed by atoms with Crippen molar-refractivity contribution in [1.82, 2.24) is 4.90 Å². The molecule has 0 aromatic heterocycles. The predicted octanol–water partition coefficient (Wildman–Crippen LogP) is -0.903. The van der Waals surface area contributed by atoms with E-state index >= 15 is 0 Å². The number of primary amides is 1. The monoisotopic (exact) mass is 458 g/mol. The maximum absolute atomic E-state index is 13.3. The van der Waals surface area contributed by atoms with Gasteiger partial charge < -0.3 is 37.6 Å². The average Bonchev–Trinajstić information content (AvgIpc) is 2.72. The van der Waals surface area contributed by atoms with E-state index in [0.717, 1.165) is 0 Å². The highest BCUT2D eigenvalue weighted by atomic mass is 16.4.